The number of aliphatic hydroxyl groups is 1. The van der Waals surface area contributed by atoms with E-state index in [9.17, 15) is 29.7 Å². The Morgan fingerprint density at radius 3 is 1.44 bits per heavy atom. The summed E-state index contributed by atoms with van der Waals surface area (Å²) in [5.74, 6) is -5.98. The van der Waals surface area contributed by atoms with E-state index in [-0.39, 0.29) is 0 Å². The third kappa shape index (κ3) is 12.1. The van der Waals surface area contributed by atoms with Crippen LogP contribution in [0.5, 0.6) is 0 Å². The summed E-state index contributed by atoms with van der Waals surface area (Å²) >= 11 is 0. The normalized spacial score (nSPS) is 10.9. The van der Waals surface area contributed by atoms with E-state index in [0.717, 1.165) is 6.54 Å². The molecule has 0 aliphatic carbocycles. The maximum absolute atomic E-state index is 10.1. The van der Waals surface area contributed by atoms with Crippen LogP contribution in [0.1, 0.15) is 43.7 Å². The number of nitrogens with zero attached hydrogens (tertiary/aromatic N) is 1. The van der Waals surface area contributed by atoms with Gasteiger partial charge in [-0.05, 0) is 56.4 Å². The van der Waals surface area contributed by atoms with Crippen LogP contribution in [0.4, 0.5) is 0 Å². The van der Waals surface area contributed by atoms with Crippen LogP contribution < -0.4 is 15.3 Å². The molecule has 0 aromatic heterocycles. The number of carbonyl (C=O) groups is 3. The summed E-state index contributed by atoms with van der Waals surface area (Å²) in [5, 5.41) is 38.9. The van der Waals surface area contributed by atoms with E-state index in [4.69, 9.17) is 5.11 Å². The molecular weight excluding hydrogens is 438 g/mol. The summed E-state index contributed by atoms with van der Waals surface area (Å²) in [5.41, 5.74) is -0.0619. The largest absolute Gasteiger partial charge is 0.550 e. The number of benzene rings is 2. The maximum Gasteiger partial charge on any atom is 0.114 e. The molecule has 0 saturated heterocycles. The Kier molecular flexibility index (Phi) is 13.2. The third-order valence-corrected chi connectivity index (χ3v) is 5.27. The lowest BCUT2D eigenvalue weighted by molar-refractivity contribution is -0.339. The summed E-state index contributed by atoms with van der Waals surface area (Å²) in [7, 11) is 0. The van der Waals surface area contributed by atoms with Crippen molar-refractivity contribution in [2.75, 3.05) is 19.6 Å². The first kappa shape index (κ1) is 28.8. The summed E-state index contributed by atoms with van der Waals surface area (Å²) in [4.78, 5) is 32.6. The van der Waals surface area contributed by atoms with Gasteiger partial charge in [0.15, 0.2) is 0 Å². The third-order valence-electron chi connectivity index (χ3n) is 5.27. The van der Waals surface area contributed by atoms with Gasteiger partial charge in [0.2, 0.25) is 0 Å². The van der Waals surface area contributed by atoms with Crippen molar-refractivity contribution in [3.05, 3.63) is 71.8 Å². The Labute approximate surface area is 200 Å². The van der Waals surface area contributed by atoms with Gasteiger partial charge in [-0.1, -0.05) is 67.6 Å². The number of carboxylic acids is 3. The molecule has 0 bridgehead atoms. The van der Waals surface area contributed by atoms with Gasteiger partial charge in [0.1, 0.15) is 5.60 Å². The summed E-state index contributed by atoms with van der Waals surface area (Å²) in [6.07, 6.45) is 2.17. The predicted molar refractivity (Wildman–Crippen MR) is 121 cm³/mol. The van der Waals surface area contributed by atoms with Crippen molar-refractivity contribution in [1.82, 2.24) is 4.90 Å². The highest BCUT2D eigenvalue weighted by atomic mass is 16.4. The van der Waals surface area contributed by atoms with E-state index in [0.29, 0.717) is 0 Å². The number of rotatable bonds is 14. The molecule has 186 valence electrons. The van der Waals surface area contributed by atoms with Gasteiger partial charge in [0.05, 0.1) is 5.97 Å². The van der Waals surface area contributed by atoms with E-state index in [1.807, 2.05) is 0 Å². The molecule has 0 radical (unpaired) electrons. The number of aliphatic carboxylic acids is 3. The van der Waals surface area contributed by atoms with Gasteiger partial charge in [-0.15, -0.1) is 0 Å². The highest BCUT2D eigenvalue weighted by molar-refractivity contribution is 5.86. The summed E-state index contributed by atoms with van der Waals surface area (Å²) in [6.45, 7) is 5.84. The minimum Gasteiger partial charge on any atom is -0.550 e. The molecule has 2 aromatic rings. The summed E-state index contributed by atoms with van der Waals surface area (Å²) in [6, 6.07) is 21.6. The first-order valence-electron chi connectivity index (χ1n) is 11.3. The Hall–Kier alpha value is -3.23. The standard InChI is InChI=1S/C20H27N.C6H8O7/c1-2-21(17-9-15-19-11-5-3-6-12-19)18-10-16-20-13-7-4-8-14-20;7-3(8)1-6(13,5(11)12)2-4(9)10/h3-8,11-14H,2,9-10,15-18H2,1H3;13H,1-2H2,(H,7,8)(H,9,10)(H,11,12)/p-3. The first-order chi connectivity index (χ1) is 16.2. The zero-order valence-corrected chi connectivity index (χ0v) is 19.5. The van der Waals surface area contributed by atoms with Crippen LogP contribution in [-0.2, 0) is 27.2 Å². The fourth-order valence-corrected chi connectivity index (χ4v) is 3.42. The maximum atomic E-state index is 10.1. The second kappa shape index (κ2) is 15.6. The van der Waals surface area contributed by atoms with Crippen LogP contribution in [0, 0.1) is 0 Å². The highest BCUT2D eigenvalue weighted by Crippen LogP contribution is 2.13. The fraction of sp³-hybridized carbons (Fsp3) is 0.423. The molecule has 0 atom stereocenters. The monoisotopic (exact) mass is 470 g/mol. The number of hydrogen-bond acceptors (Lipinski definition) is 8. The molecule has 1 N–H and O–H groups in total. The quantitative estimate of drug-likeness (QED) is 0.382. The molecule has 0 unspecified atom stereocenters. The van der Waals surface area contributed by atoms with Crippen molar-refractivity contribution in [1.29, 1.82) is 0 Å². The molecule has 8 nitrogen and oxygen atoms in total. The number of hydrogen-bond donors (Lipinski definition) is 1. The second-order valence-corrected chi connectivity index (χ2v) is 8.03. The Bertz CT molecular complexity index is 810. The fourth-order valence-electron chi connectivity index (χ4n) is 3.42. The van der Waals surface area contributed by atoms with Crippen molar-refractivity contribution in [2.45, 2.75) is 51.0 Å². The lowest BCUT2D eigenvalue weighted by Gasteiger charge is -2.29. The molecule has 0 heterocycles. The van der Waals surface area contributed by atoms with E-state index in [1.165, 1.54) is 49.9 Å². The van der Waals surface area contributed by atoms with Gasteiger partial charge in [0, 0.05) is 24.8 Å². The molecule has 0 spiro atoms. The van der Waals surface area contributed by atoms with Gasteiger partial charge in [-0.2, -0.15) is 0 Å². The van der Waals surface area contributed by atoms with Crippen molar-refractivity contribution in [2.24, 2.45) is 0 Å². The molecule has 2 rings (SSSR count). The Morgan fingerprint density at radius 1 is 0.765 bits per heavy atom. The molecule has 0 aliphatic rings. The van der Waals surface area contributed by atoms with Crippen LogP contribution in [0.25, 0.3) is 0 Å². The van der Waals surface area contributed by atoms with Gasteiger partial charge in [0.25, 0.3) is 0 Å². The van der Waals surface area contributed by atoms with Crippen molar-refractivity contribution in [3.8, 4) is 0 Å². The minimum atomic E-state index is -2.97. The topological polar surface area (TPSA) is 144 Å². The number of carboxylic acid groups (broad SMARTS) is 3. The molecule has 0 aliphatic heterocycles. The summed E-state index contributed by atoms with van der Waals surface area (Å²) < 4.78 is 0. The van der Waals surface area contributed by atoms with Gasteiger partial charge in [-0.25, -0.2) is 0 Å². The van der Waals surface area contributed by atoms with E-state index in [1.54, 1.807) is 0 Å². The smallest absolute Gasteiger partial charge is 0.114 e. The SMILES string of the molecule is CCN(CCCc1ccccc1)CCCc1ccccc1.O=C([O-])CC(O)(CC(=O)[O-])C(=O)[O-]. The second-order valence-electron chi connectivity index (χ2n) is 8.03. The number of carbonyl (C=O) groups excluding carboxylic acids is 3. The van der Waals surface area contributed by atoms with Crippen LogP contribution >= 0.6 is 0 Å². The molecule has 0 fully saturated rings. The molecule has 34 heavy (non-hydrogen) atoms. The Balaban J connectivity index is 0.000000385. The lowest BCUT2D eigenvalue weighted by Crippen LogP contribution is -2.54. The van der Waals surface area contributed by atoms with Crippen LogP contribution in [0.3, 0.4) is 0 Å². The lowest BCUT2D eigenvalue weighted by atomic mass is 9.96. The minimum absolute atomic E-state index is 1.16. The zero-order chi connectivity index (χ0) is 25.4. The van der Waals surface area contributed by atoms with Crippen molar-refractivity contribution < 1.29 is 34.8 Å². The zero-order valence-electron chi connectivity index (χ0n) is 19.5. The van der Waals surface area contributed by atoms with Gasteiger partial charge >= 0.3 is 0 Å². The molecule has 2 aromatic carbocycles. The van der Waals surface area contributed by atoms with Crippen molar-refractivity contribution in [3.63, 3.8) is 0 Å². The van der Waals surface area contributed by atoms with E-state index in [2.05, 4.69) is 72.5 Å². The highest BCUT2D eigenvalue weighted by Gasteiger charge is 2.29. The molecule has 0 saturated carbocycles. The Morgan fingerprint density at radius 2 is 1.15 bits per heavy atom. The van der Waals surface area contributed by atoms with Crippen LogP contribution in [-0.4, -0.2) is 53.1 Å². The van der Waals surface area contributed by atoms with Crippen LogP contribution in [0.15, 0.2) is 60.7 Å². The van der Waals surface area contributed by atoms with E-state index < -0.39 is 36.4 Å². The molecular formula is C26H32NO7-3. The molecule has 0 amide bonds. The van der Waals surface area contributed by atoms with Gasteiger partial charge in [-0.3, -0.25) is 0 Å². The molecule has 8 heteroatoms. The first-order valence-corrected chi connectivity index (χ1v) is 11.3. The van der Waals surface area contributed by atoms with Gasteiger partial charge < -0.3 is 39.7 Å². The van der Waals surface area contributed by atoms with E-state index >= 15 is 0 Å². The number of aryl methyl sites for hydroxylation is 2. The average molecular weight is 471 g/mol. The average Bonchev–Trinajstić information content (AvgIpc) is 2.79. The van der Waals surface area contributed by atoms with Crippen LogP contribution in [0.2, 0.25) is 0 Å². The predicted octanol–water partition coefficient (Wildman–Crippen LogP) is -0.679. The van der Waals surface area contributed by atoms with Crippen molar-refractivity contribution >= 4 is 17.9 Å².